The van der Waals surface area contributed by atoms with E-state index < -0.39 is 0 Å². The van der Waals surface area contributed by atoms with Crippen LogP contribution in [0.4, 0.5) is 0 Å². The minimum absolute atomic E-state index is 0.0332. The Labute approximate surface area is 173 Å². The normalized spacial score (nSPS) is 16.5. The van der Waals surface area contributed by atoms with Gasteiger partial charge in [-0.05, 0) is 57.4 Å². The predicted molar refractivity (Wildman–Crippen MR) is 113 cm³/mol. The molecular weight excluding hydrogens is 366 g/mol. The number of hydrogen-bond donors (Lipinski definition) is 0. The molecule has 1 aromatic heterocycles. The van der Waals surface area contributed by atoms with E-state index in [1.165, 1.54) is 12.8 Å². The molecule has 0 saturated carbocycles. The first-order valence-electron chi connectivity index (χ1n) is 10.6. The second-order valence-corrected chi connectivity index (χ2v) is 7.61. The molecule has 1 atom stereocenters. The molecule has 1 fully saturated rings. The molecule has 1 saturated heterocycles. The van der Waals surface area contributed by atoms with Crippen molar-refractivity contribution in [3.63, 3.8) is 0 Å². The second-order valence-electron chi connectivity index (χ2n) is 7.61. The van der Waals surface area contributed by atoms with Gasteiger partial charge in [-0.1, -0.05) is 19.8 Å². The summed E-state index contributed by atoms with van der Waals surface area (Å²) in [6.45, 7) is 7.98. The van der Waals surface area contributed by atoms with Crippen LogP contribution < -0.4 is 9.47 Å². The van der Waals surface area contributed by atoms with Crippen molar-refractivity contribution in [1.82, 2.24) is 14.9 Å². The Bertz CT molecular complexity index is 787. The van der Waals surface area contributed by atoms with Gasteiger partial charge in [0.05, 0.1) is 13.2 Å². The molecule has 0 spiro atoms. The predicted octanol–water partition coefficient (Wildman–Crippen LogP) is 4.35. The summed E-state index contributed by atoms with van der Waals surface area (Å²) < 4.78 is 11.8. The van der Waals surface area contributed by atoms with Gasteiger partial charge in [-0.15, -0.1) is 0 Å². The van der Waals surface area contributed by atoms with Crippen LogP contribution in [0.1, 0.15) is 60.9 Å². The van der Waals surface area contributed by atoms with Crippen molar-refractivity contribution >= 4 is 5.91 Å². The summed E-state index contributed by atoms with van der Waals surface area (Å²) in [5.74, 6) is 2.12. The number of aromatic nitrogens is 2. The standard InChI is InChI=1S/C23H31N3O3/c1-4-5-6-14-28-20-11-9-19(10-12-20)23(27)26-13-7-8-21(16-26)29-22-15-17(2)24-18(3)25-22/h9-12,15,21H,4-8,13-14,16H2,1-3H3. The summed E-state index contributed by atoms with van der Waals surface area (Å²) in [5, 5.41) is 0. The maximum absolute atomic E-state index is 12.9. The van der Waals surface area contributed by atoms with Crippen molar-refractivity contribution in [2.45, 2.75) is 59.0 Å². The third-order valence-electron chi connectivity index (χ3n) is 5.01. The van der Waals surface area contributed by atoms with Crippen LogP contribution in [-0.4, -0.2) is 46.6 Å². The van der Waals surface area contributed by atoms with Crippen LogP contribution in [0.3, 0.4) is 0 Å². The SMILES string of the molecule is CCCCCOc1ccc(C(=O)N2CCCC(Oc3cc(C)nc(C)n3)C2)cc1. The van der Waals surface area contributed by atoms with Crippen LogP contribution in [0.15, 0.2) is 30.3 Å². The van der Waals surface area contributed by atoms with Crippen molar-refractivity contribution < 1.29 is 14.3 Å². The lowest BCUT2D eigenvalue weighted by atomic mass is 10.1. The van der Waals surface area contributed by atoms with Gasteiger partial charge >= 0.3 is 0 Å². The van der Waals surface area contributed by atoms with Gasteiger partial charge in [-0.2, -0.15) is 4.98 Å². The van der Waals surface area contributed by atoms with Gasteiger partial charge in [0.15, 0.2) is 0 Å². The van der Waals surface area contributed by atoms with E-state index in [4.69, 9.17) is 9.47 Å². The number of likely N-dealkylation sites (tertiary alicyclic amines) is 1. The molecule has 2 aromatic rings. The first kappa shape index (κ1) is 21.1. The van der Waals surface area contributed by atoms with Gasteiger partial charge in [0.2, 0.25) is 5.88 Å². The summed E-state index contributed by atoms with van der Waals surface area (Å²) in [7, 11) is 0. The van der Waals surface area contributed by atoms with Crippen molar-refractivity contribution in [1.29, 1.82) is 0 Å². The van der Waals surface area contributed by atoms with E-state index in [1.54, 1.807) is 0 Å². The van der Waals surface area contributed by atoms with Gasteiger partial charge in [0, 0.05) is 23.9 Å². The van der Waals surface area contributed by atoms with Crippen molar-refractivity contribution in [2.75, 3.05) is 19.7 Å². The zero-order valence-electron chi connectivity index (χ0n) is 17.7. The van der Waals surface area contributed by atoms with Gasteiger partial charge < -0.3 is 14.4 Å². The summed E-state index contributed by atoms with van der Waals surface area (Å²) in [5.41, 5.74) is 1.56. The Morgan fingerprint density at radius 1 is 1.17 bits per heavy atom. The molecule has 6 nitrogen and oxygen atoms in total. The molecule has 0 N–H and O–H groups in total. The van der Waals surface area contributed by atoms with Gasteiger partial charge in [-0.3, -0.25) is 4.79 Å². The molecule has 1 unspecified atom stereocenters. The molecule has 1 amide bonds. The Morgan fingerprint density at radius 3 is 2.69 bits per heavy atom. The molecule has 0 bridgehead atoms. The number of rotatable bonds is 8. The molecule has 156 valence electrons. The van der Waals surface area contributed by atoms with E-state index in [-0.39, 0.29) is 12.0 Å². The average molecular weight is 398 g/mol. The number of aryl methyl sites for hydroxylation is 2. The van der Waals surface area contributed by atoms with Gasteiger partial charge in [-0.25, -0.2) is 4.98 Å². The maximum Gasteiger partial charge on any atom is 0.253 e. The van der Waals surface area contributed by atoms with Gasteiger partial charge in [0.25, 0.3) is 5.91 Å². The highest BCUT2D eigenvalue weighted by molar-refractivity contribution is 5.94. The molecule has 1 aliphatic heterocycles. The number of hydrogen-bond acceptors (Lipinski definition) is 5. The minimum atomic E-state index is -0.0532. The number of ether oxygens (including phenoxy) is 2. The smallest absolute Gasteiger partial charge is 0.253 e. The Hall–Kier alpha value is -2.63. The lowest BCUT2D eigenvalue weighted by Gasteiger charge is -2.32. The van der Waals surface area contributed by atoms with Gasteiger partial charge in [0.1, 0.15) is 17.7 Å². The zero-order valence-corrected chi connectivity index (χ0v) is 17.7. The lowest BCUT2D eigenvalue weighted by Crippen LogP contribution is -2.44. The maximum atomic E-state index is 12.9. The Kier molecular flexibility index (Phi) is 7.44. The zero-order chi connectivity index (χ0) is 20.6. The van der Waals surface area contributed by atoms with E-state index in [0.29, 0.717) is 30.4 Å². The molecule has 1 aromatic carbocycles. The van der Waals surface area contributed by atoms with Crippen LogP contribution in [0.5, 0.6) is 11.6 Å². The Balaban J connectivity index is 1.56. The average Bonchev–Trinajstić information content (AvgIpc) is 2.71. The highest BCUT2D eigenvalue weighted by Gasteiger charge is 2.26. The highest BCUT2D eigenvalue weighted by atomic mass is 16.5. The topological polar surface area (TPSA) is 64.5 Å². The van der Waals surface area contributed by atoms with Crippen molar-refractivity contribution in [2.24, 2.45) is 0 Å². The van der Waals surface area contributed by atoms with E-state index in [9.17, 15) is 4.79 Å². The molecule has 3 rings (SSSR count). The number of amides is 1. The van der Waals surface area contributed by atoms with E-state index in [2.05, 4.69) is 16.9 Å². The number of benzene rings is 1. The van der Waals surface area contributed by atoms with E-state index in [1.807, 2.05) is 49.1 Å². The van der Waals surface area contributed by atoms with Crippen LogP contribution in [0.25, 0.3) is 0 Å². The first-order chi connectivity index (χ1) is 14.0. The second kappa shape index (κ2) is 10.2. The summed E-state index contributed by atoms with van der Waals surface area (Å²) >= 11 is 0. The van der Waals surface area contributed by atoms with Crippen molar-refractivity contribution in [3.8, 4) is 11.6 Å². The number of unbranched alkanes of at least 4 members (excludes halogenated alkanes) is 2. The molecule has 6 heteroatoms. The summed E-state index contributed by atoms with van der Waals surface area (Å²) in [4.78, 5) is 23.4. The molecule has 29 heavy (non-hydrogen) atoms. The fraction of sp³-hybridized carbons (Fsp3) is 0.522. The summed E-state index contributed by atoms with van der Waals surface area (Å²) in [6, 6.07) is 9.29. The molecule has 0 aliphatic carbocycles. The Morgan fingerprint density at radius 2 is 1.97 bits per heavy atom. The molecule has 0 radical (unpaired) electrons. The molecule has 1 aliphatic rings. The number of carbonyl (C=O) groups is 1. The monoisotopic (exact) mass is 397 g/mol. The molecule has 2 heterocycles. The van der Waals surface area contributed by atoms with Crippen molar-refractivity contribution in [3.05, 3.63) is 47.4 Å². The first-order valence-corrected chi connectivity index (χ1v) is 10.6. The van der Waals surface area contributed by atoms with E-state index >= 15 is 0 Å². The number of carbonyl (C=O) groups excluding carboxylic acids is 1. The number of nitrogens with zero attached hydrogens (tertiary/aromatic N) is 3. The quantitative estimate of drug-likeness (QED) is 0.620. The lowest BCUT2D eigenvalue weighted by molar-refractivity contribution is 0.0526. The summed E-state index contributed by atoms with van der Waals surface area (Å²) in [6.07, 6.45) is 5.17. The molecular formula is C23H31N3O3. The van der Waals surface area contributed by atoms with E-state index in [0.717, 1.165) is 37.3 Å². The minimum Gasteiger partial charge on any atom is -0.494 e. The highest BCUT2D eigenvalue weighted by Crippen LogP contribution is 2.20. The third kappa shape index (κ3) is 6.17. The van der Waals surface area contributed by atoms with Crippen LogP contribution in [-0.2, 0) is 0 Å². The number of piperidine rings is 1. The fourth-order valence-corrected chi connectivity index (χ4v) is 3.55. The van der Waals surface area contributed by atoms with Crippen LogP contribution in [0.2, 0.25) is 0 Å². The largest absolute Gasteiger partial charge is 0.494 e. The van der Waals surface area contributed by atoms with Crippen LogP contribution >= 0.6 is 0 Å². The van der Waals surface area contributed by atoms with Crippen LogP contribution in [0, 0.1) is 13.8 Å². The fourth-order valence-electron chi connectivity index (χ4n) is 3.55. The third-order valence-corrected chi connectivity index (χ3v) is 5.01.